The largest absolute Gasteiger partial charge is 0.444 e. The number of aldehydes is 1. The van der Waals surface area contributed by atoms with Gasteiger partial charge in [-0.05, 0) is 36.7 Å². The third-order valence-electron chi connectivity index (χ3n) is 1.69. The van der Waals surface area contributed by atoms with Crippen molar-refractivity contribution in [1.82, 2.24) is 4.98 Å². The molecule has 0 aromatic carbocycles. The lowest BCUT2D eigenvalue weighted by molar-refractivity contribution is 0.0636. The highest BCUT2D eigenvalue weighted by Crippen LogP contribution is 2.22. The van der Waals surface area contributed by atoms with E-state index >= 15 is 0 Å². The smallest absolute Gasteiger partial charge is 0.412 e. The maximum atomic E-state index is 11.5. The number of carbonyl (C=O) groups excluding carboxylic acids is 2. The van der Waals surface area contributed by atoms with Crippen LogP contribution in [0.2, 0.25) is 0 Å². The summed E-state index contributed by atoms with van der Waals surface area (Å²) in [6, 6.07) is 0. The first-order chi connectivity index (χ1) is 7.83. The summed E-state index contributed by atoms with van der Waals surface area (Å²) in [5.74, 6) is 0. The van der Waals surface area contributed by atoms with Crippen LogP contribution in [0.5, 0.6) is 0 Å². The Hall–Kier alpha value is -1.43. The second kappa shape index (κ2) is 5.27. The molecule has 0 unspecified atom stereocenters. The molecule has 0 bridgehead atoms. The highest BCUT2D eigenvalue weighted by atomic mass is 79.9. The summed E-state index contributed by atoms with van der Waals surface area (Å²) < 4.78 is 5.59. The number of amides is 1. The third-order valence-corrected chi connectivity index (χ3v) is 2.32. The Bertz CT molecular complexity index is 441. The minimum absolute atomic E-state index is 0.309. The molecule has 1 aromatic rings. The van der Waals surface area contributed by atoms with Crippen molar-refractivity contribution in [2.24, 2.45) is 0 Å². The zero-order valence-electron chi connectivity index (χ0n) is 9.78. The summed E-state index contributed by atoms with van der Waals surface area (Å²) in [7, 11) is 0. The number of halogens is 1. The van der Waals surface area contributed by atoms with E-state index in [0.29, 0.717) is 22.0 Å². The topological polar surface area (TPSA) is 68.3 Å². The van der Waals surface area contributed by atoms with Gasteiger partial charge in [-0.25, -0.2) is 4.79 Å². The standard InChI is InChI=1S/C11H13BrN2O3/c1-11(2,3)17-10(16)14-9-5-13-4-8(12)7(9)6-15/h4-6H,1-3H3,(H,14,16). The van der Waals surface area contributed by atoms with Crippen molar-refractivity contribution >= 4 is 34.0 Å². The number of nitrogens with zero attached hydrogens (tertiary/aromatic N) is 1. The fourth-order valence-corrected chi connectivity index (χ4v) is 1.50. The van der Waals surface area contributed by atoms with Crippen molar-refractivity contribution in [1.29, 1.82) is 0 Å². The van der Waals surface area contributed by atoms with Gasteiger partial charge in [-0.1, -0.05) is 0 Å². The van der Waals surface area contributed by atoms with E-state index in [1.807, 2.05) is 0 Å². The molecular formula is C11H13BrN2O3. The van der Waals surface area contributed by atoms with Crippen LogP contribution in [0.15, 0.2) is 16.9 Å². The third kappa shape index (κ3) is 4.14. The Kier molecular flexibility index (Phi) is 4.22. The Balaban J connectivity index is 2.85. The average Bonchev–Trinajstić information content (AvgIpc) is 2.14. The molecule has 1 amide bonds. The molecule has 0 saturated heterocycles. The Labute approximate surface area is 108 Å². The molecule has 17 heavy (non-hydrogen) atoms. The van der Waals surface area contributed by atoms with Gasteiger partial charge in [0.05, 0.1) is 17.4 Å². The van der Waals surface area contributed by atoms with Gasteiger partial charge in [0.15, 0.2) is 6.29 Å². The van der Waals surface area contributed by atoms with Gasteiger partial charge < -0.3 is 4.74 Å². The lowest BCUT2D eigenvalue weighted by Crippen LogP contribution is -2.27. The normalized spacial score (nSPS) is 10.8. The van der Waals surface area contributed by atoms with E-state index < -0.39 is 11.7 Å². The second-order valence-corrected chi connectivity index (χ2v) is 5.18. The van der Waals surface area contributed by atoms with Crippen LogP contribution in [0.3, 0.4) is 0 Å². The van der Waals surface area contributed by atoms with Gasteiger partial charge in [0, 0.05) is 10.7 Å². The van der Waals surface area contributed by atoms with Gasteiger partial charge in [-0.3, -0.25) is 15.1 Å². The maximum Gasteiger partial charge on any atom is 0.412 e. The summed E-state index contributed by atoms with van der Waals surface area (Å²) >= 11 is 3.17. The number of aromatic nitrogens is 1. The fourth-order valence-electron chi connectivity index (χ4n) is 1.08. The highest BCUT2D eigenvalue weighted by Gasteiger charge is 2.17. The predicted molar refractivity (Wildman–Crippen MR) is 67.2 cm³/mol. The Morgan fingerprint density at radius 3 is 2.65 bits per heavy atom. The van der Waals surface area contributed by atoms with Crippen LogP contribution in [0.1, 0.15) is 31.1 Å². The zero-order valence-corrected chi connectivity index (χ0v) is 11.4. The van der Waals surface area contributed by atoms with E-state index in [0.717, 1.165) is 0 Å². The molecule has 5 nitrogen and oxygen atoms in total. The molecule has 0 atom stereocenters. The Morgan fingerprint density at radius 2 is 2.12 bits per heavy atom. The molecular weight excluding hydrogens is 288 g/mol. The minimum atomic E-state index is -0.625. The first kappa shape index (κ1) is 13.6. The number of hydrogen-bond donors (Lipinski definition) is 1. The molecule has 92 valence electrons. The quantitative estimate of drug-likeness (QED) is 0.853. The molecule has 0 saturated carbocycles. The van der Waals surface area contributed by atoms with Crippen molar-refractivity contribution in [3.05, 3.63) is 22.4 Å². The molecule has 0 spiro atoms. The van der Waals surface area contributed by atoms with Crippen molar-refractivity contribution in [3.8, 4) is 0 Å². The predicted octanol–water partition coefficient (Wildman–Crippen LogP) is 3.00. The number of carbonyl (C=O) groups is 2. The van der Waals surface area contributed by atoms with E-state index in [1.165, 1.54) is 12.4 Å². The van der Waals surface area contributed by atoms with Crippen molar-refractivity contribution in [3.63, 3.8) is 0 Å². The SMILES string of the molecule is CC(C)(C)OC(=O)Nc1cncc(Br)c1C=O. The molecule has 0 fully saturated rings. The highest BCUT2D eigenvalue weighted by molar-refractivity contribution is 9.10. The van der Waals surface area contributed by atoms with Gasteiger partial charge >= 0.3 is 6.09 Å². The number of ether oxygens (including phenoxy) is 1. The number of pyridine rings is 1. The van der Waals surface area contributed by atoms with Crippen LogP contribution in [0.25, 0.3) is 0 Å². The summed E-state index contributed by atoms with van der Waals surface area (Å²) in [5, 5.41) is 2.47. The lowest BCUT2D eigenvalue weighted by atomic mass is 10.2. The molecule has 1 aromatic heterocycles. The fraction of sp³-hybridized carbons (Fsp3) is 0.364. The van der Waals surface area contributed by atoms with Crippen molar-refractivity contribution < 1.29 is 14.3 Å². The second-order valence-electron chi connectivity index (χ2n) is 4.33. The molecule has 1 heterocycles. The maximum absolute atomic E-state index is 11.5. The van der Waals surface area contributed by atoms with Gasteiger partial charge in [0.1, 0.15) is 5.60 Å². The number of hydrogen-bond acceptors (Lipinski definition) is 4. The van der Waals surface area contributed by atoms with E-state index in [2.05, 4.69) is 26.2 Å². The van der Waals surface area contributed by atoms with Gasteiger partial charge in [-0.2, -0.15) is 0 Å². The molecule has 1 N–H and O–H groups in total. The number of rotatable bonds is 2. The van der Waals surface area contributed by atoms with Gasteiger partial charge in [0.25, 0.3) is 0 Å². The van der Waals surface area contributed by atoms with Crippen LogP contribution < -0.4 is 5.32 Å². The van der Waals surface area contributed by atoms with E-state index in [-0.39, 0.29) is 0 Å². The van der Waals surface area contributed by atoms with Crippen LogP contribution in [0, 0.1) is 0 Å². The van der Waals surface area contributed by atoms with E-state index in [4.69, 9.17) is 4.74 Å². The summed E-state index contributed by atoms with van der Waals surface area (Å²) in [6.45, 7) is 5.27. The molecule has 0 aliphatic heterocycles. The van der Waals surface area contributed by atoms with Gasteiger partial charge in [-0.15, -0.1) is 0 Å². The van der Waals surface area contributed by atoms with Crippen LogP contribution in [-0.4, -0.2) is 23.0 Å². The first-order valence-corrected chi connectivity index (χ1v) is 5.71. The molecule has 0 radical (unpaired) electrons. The van der Waals surface area contributed by atoms with E-state index in [9.17, 15) is 9.59 Å². The van der Waals surface area contributed by atoms with Crippen LogP contribution in [-0.2, 0) is 4.74 Å². The van der Waals surface area contributed by atoms with Crippen molar-refractivity contribution in [2.75, 3.05) is 5.32 Å². The van der Waals surface area contributed by atoms with E-state index in [1.54, 1.807) is 20.8 Å². The molecule has 1 rings (SSSR count). The average molecular weight is 301 g/mol. The lowest BCUT2D eigenvalue weighted by Gasteiger charge is -2.20. The molecule has 0 aliphatic carbocycles. The monoisotopic (exact) mass is 300 g/mol. The van der Waals surface area contributed by atoms with Gasteiger partial charge in [0.2, 0.25) is 0 Å². The molecule has 6 heteroatoms. The van der Waals surface area contributed by atoms with Crippen molar-refractivity contribution in [2.45, 2.75) is 26.4 Å². The molecule has 0 aliphatic rings. The van der Waals surface area contributed by atoms with Crippen LogP contribution in [0.4, 0.5) is 10.5 Å². The minimum Gasteiger partial charge on any atom is -0.444 e. The number of nitrogens with one attached hydrogen (secondary N) is 1. The first-order valence-electron chi connectivity index (χ1n) is 4.92. The Morgan fingerprint density at radius 1 is 1.47 bits per heavy atom. The summed E-state index contributed by atoms with van der Waals surface area (Å²) in [6.07, 6.45) is 2.88. The van der Waals surface area contributed by atoms with Crippen LogP contribution >= 0.6 is 15.9 Å². The zero-order chi connectivity index (χ0) is 13.1. The summed E-state index contributed by atoms with van der Waals surface area (Å²) in [5.41, 5.74) is 0.0414. The summed E-state index contributed by atoms with van der Waals surface area (Å²) in [4.78, 5) is 26.2. The number of anilines is 1.